The Hall–Kier alpha value is -1.58. The molecule has 0 spiro atoms. The number of ketones is 1. The van der Waals surface area contributed by atoms with Crippen LogP contribution in [-0.4, -0.2) is 15.6 Å². The Balaban J connectivity index is 2.27. The molecule has 1 aromatic heterocycles. The van der Waals surface area contributed by atoms with Crippen LogP contribution in [0.25, 0.3) is 6.08 Å². The molecule has 0 aliphatic heterocycles. The second-order valence-corrected chi connectivity index (χ2v) is 5.35. The van der Waals surface area contributed by atoms with Crippen LogP contribution >= 0.6 is 23.2 Å². The lowest BCUT2D eigenvalue weighted by Gasteiger charge is -1.99. The van der Waals surface area contributed by atoms with Crippen molar-refractivity contribution in [3.8, 4) is 0 Å². The van der Waals surface area contributed by atoms with E-state index in [1.54, 1.807) is 29.0 Å². The fraction of sp³-hybridized carbons (Fsp3) is 0.200. The van der Waals surface area contributed by atoms with Crippen molar-refractivity contribution >= 4 is 35.1 Å². The number of nitrogens with zero attached hydrogens (tertiary/aromatic N) is 2. The summed E-state index contributed by atoms with van der Waals surface area (Å²) in [4.78, 5) is 12.1. The van der Waals surface area contributed by atoms with E-state index in [4.69, 9.17) is 23.2 Å². The molecule has 0 atom stereocenters. The molecule has 0 bridgehead atoms. The highest BCUT2D eigenvalue weighted by Gasteiger charge is 2.08. The van der Waals surface area contributed by atoms with E-state index in [1.165, 1.54) is 6.08 Å². The summed E-state index contributed by atoms with van der Waals surface area (Å²) in [6.07, 6.45) is 3.30. The summed E-state index contributed by atoms with van der Waals surface area (Å²) in [7, 11) is 1.88. The molecule has 0 unspecified atom stereocenters. The van der Waals surface area contributed by atoms with E-state index < -0.39 is 0 Å². The molecule has 2 rings (SSSR count). The largest absolute Gasteiger partial charge is 0.289 e. The highest BCUT2D eigenvalue weighted by atomic mass is 35.5. The van der Waals surface area contributed by atoms with Gasteiger partial charge in [-0.15, -0.1) is 0 Å². The second-order valence-electron chi connectivity index (χ2n) is 4.53. The maximum absolute atomic E-state index is 12.1. The van der Waals surface area contributed by atoms with Crippen LogP contribution < -0.4 is 0 Å². The fourth-order valence-corrected chi connectivity index (χ4v) is 2.23. The molecule has 1 aromatic carbocycles. The van der Waals surface area contributed by atoms with Gasteiger partial charge in [-0.2, -0.15) is 5.10 Å². The Labute approximate surface area is 127 Å². The number of allylic oxidation sites excluding steroid dienone is 1. The van der Waals surface area contributed by atoms with Crippen molar-refractivity contribution < 1.29 is 4.79 Å². The Kier molecular flexibility index (Phi) is 4.31. The molecule has 1 heterocycles. The van der Waals surface area contributed by atoms with E-state index in [2.05, 4.69) is 5.10 Å². The van der Waals surface area contributed by atoms with E-state index in [9.17, 15) is 4.79 Å². The van der Waals surface area contributed by atoms with Crippen LogP contribution in [0.3, 0.4) is 0 Å². The van der Waals surface area contributed by atoms with Crippen LogP contribution in [-0.2, 0) is 7.05 Å². The molecule has 0 saturated carbocycles. The van der Waals surface area contributed by atoms with E-state index >= 15 is 0 Å². The first-order chi connectivity index (χ1) is 9.40. The highest BCUT2D eigenvalue weighted by Crippen LogP contribution is 2.23. The maximum Gasteiger partial charge on any atom is 0.185 e. The van der Waals surface area contributed by atoms with E-state index in [1.807, 2.05) is 20.9 Å². The van der Waals surface area contributed by atoms with E-state index in [-0.39, 0.29) is 5.78 Å². The first-order valence-electron chi connectivity index (χ1n) is 6.08. The topological polar surface area (TPSA) is 34.9 Å². The number of carbonyl (C=O) groups excluding carboxylic acids is 1. The van der Waals surface area contributed by atoms with Crippen LogP contribution in [0.2, 0.25) is 10.0 Å². The smallest absolute Gasteiger partial charge is 0.185 e. The summed E-state index contributed by atoms with van der Waals surface area (Å²) in [6.45, 7) is 3.87. The number of hydrogen-bond acceptors (Lipinski definition) is 2. The summed E-state index contributed by atoms with van der Waals surface area (Å²) in [6, 6.07) is 4.84. The van der Waals surface area contributed by atoms with Crippen molar-refractivity contribution in [2.24, 2.45) is 7.05 Å². The summed E-state index contributed by atoms with van der Waals surface area (Å²) < 4.78 is 1.79. The molecule has 0 radical (unpaired) electrons. The van der Waals surface area contributed by atoms with Gasteiger partial charge < -0.3 is 0 Å². The number of halogens is 2. The predicted octanol–water partition coefficient (Wildman–Crippen LogP) is 4.24. The molecule has 5 heteroatoms. The normalized spacial score (nSPS) is 11.2. The minimum atomic E-state index is -0.119. The van der Waals surface area contributed by atoms with Crippen LogP contribution in [0.4, 0.5) is 0 Å². The average molecular weight is 309 g/mol. The van der Waals surface area contributed by atoms with Crippen LogP contribution in [0.15, 0.2) is 24.3 Å². The van der Waals surface area contributed by atoms with Gasteiger partial charge in [0.15, 0.2) is 5.78 Å². The van der Waals surface area contributed by atoms with Crippen molar-refractivity contribution in [3.05, 3.63) is 56.8 Å². The van der Waals surface area contributed by atoms with Gasteiger partial charge in [0.2, 0.25) is 0 Å². The van der Waals surface area contributed by atoms with Crippen LogP contribution in [0.5, 0.6) is 0 Å². The number of hydrogen-bond donors (Lipinski definition) is 0. The Morgan fingerprint density at radius 3 is 2.50 bits per heavy atom. The Morgan fingerprint density at radius 2 is 1.95 bits per heavy atom. The average Bonchev–Trinajstić information content (AvgIpc) is 2.64. The van der Waals surface area contributed by atoms with Gasteiger partial charge in [0, 0.05) is 23.9 Å². The molecule has 2 aromatic rings. The van der Waals surface area contributed by atoms with Gasteiger partial charge >= 0.3 is 0 Å². The van der Waals surface area contributed by atoms with Gasteiger partial charge in [-0.1, -0.05) is 23.2 Å². The van der Waals surface area contributed by atoms with E-state index in [0.717, 1.165) is 17.0 Å². The van der Waals surface area contributed by atoms with Gasteiger partial charge in [0.05, 0.1) is 15.7 Å². The van der Waals surface area contributed by atoms with Crippen LogP contribution in [0.1, 0.15) is 27.3 Å². The molecular weight excluding hydrogens is 295 g/mol. The first-order valence-corrected chi connectivity index (χ1v) is 6.83. The summed E-state index contributed by atoms with van der Waals surface area (Å²) >= 11 is 11.7. The molecule has 0 fully saturated rings. The van der Waals surface area contributed by atoms with Crippen molar-refractivity contribution in [2.75, 3.05) is 0 Å². The SMILES string of the molecule is Cc1nn(C)c(C)c1C=CC(=O)c1ccc(Cl)c(Cl)c1. The third-order valence-electron chi connectivity index (χ3n) is 3.17. The molecule has 0 saturated heterocycles. The first kappa shape index (κ1) is 14.8. The summed E-state index contributed by atoms with van der Waals surface area (Å²) in [5.41, 5.74) is 3.37. The predicted molar refractivity (Wildman–Crippen MR) is 82.5 cm³/mol. The molecule has 0 N–H and O–H groups in total. The zero-order valence-corrected chi connectivity index (χ0v) is 13.0. The quantitative estimate of drug-likeness (QED) is 0.628. The Bertz CT molecular complexity index is 702. The van der Waals surface area contributed by atoms with Crippen molar-refractivity contribution in [3.63, 3.8) is 0 Å². The van der Waals surface area contributed by atoms with Gasteiger partial charge in [0.1, 0.15) is 0 Å². The number of benzene rings is 1. The van der Waals surface area contributed by atoms with Crippen molar-refractivity contribution in [2.45, 2.75) is 13.8 Å². The molecule has 0 amide bonds. The van der Waals surface area contributed by atoms with Crippen LogP contribution in [0, 0.1) is 13.8 Å². The standard InChI is InChI=1S/C15H14Cl2N2O/c1-9-12(10(2)19(3)18-9)5-7-15(20)11-4-6-13(16)14(17)8-11/h4-8H,1-3H3. The molecule has 0 aliphatic carbocycles. The molecule has 3 nitrogen and oxygen atoms in total. The fourth-order valence-electron chi connectivity index (χ4n) is 1.94. The van der Waals surface area contributed by atoms with Gasteiger partial charge in [0.25, 0.3) is 0 Å². The monoisotopic (exact) mass is 308 g/mol. The van der Waals surface area contributed by atoms with Gasteiger partial charge in [-0.05, 0) is 44.2 Å². The molecular formula is C15H14Cl2N2O. The third-order valence-corrected chi connectivity index (χ3v) is 3.91. The number of aromatic nitrogens is 2. The lowest BCUT2D eigenvalue weighted by Crippen LogP contribution is -1.94. The number of aryl methyl sites for hydroxylation is 2. The molecule has 0 aliphatic rings. The zero-order valence-electron chi connectivity index (χ0n) is 11.4. The minimum absolute atomic E-state index is 0.119. The van der Waals surface area contributed by atoms with E-state index in [0.29, 0.717) is 15.6 Å². The minimum Gasteiger partial charge on any atom is -0.289 e. The Morgan fingerprint density at radius 1 is 1.25 bits per heavy atom. The van der Waals surface area contributed by atoms with Crippen molar-refractivity contribution in [1.29, 1.82) is 0 Å². The third kappa shape index (κ3) is 2.94. The molecule has 20 heavy (non-hydrogen) atoms. The highest BCUT2D eigenvalue weighted by molar-refractivity contribution is 6.42. The second kappa shape index (κ2) is 5.81. The molecule has 104 valence electrons. The summed E-state index contributed by atoms with van der Waals surface area (Å²) in [5.74, 6) is -0.119. The lowest BCUT2D eigenvalue weighted by atomic mass is 10.1. The zero-order chi connectivity index (χ0) is 14.9. The summed E-state index contributed by atoms with van der Waals surface area (Å²) in [5, 5.41) is 5.11. The van der Waals surface area contributed by atoms with Crippen molar-refractivity contribution in [1.82, 2.24) is 9.78 Å². The number of rotatable bonds is 3. The van der Waals surface area contributed by atoms with Gasteiger partial charge in [-0.3, -0.25) is 9.48 Å². The maximum atomic E-state index is 12.1. The lowest BCUT2D eigenvalue weighted by molar-refractivity contribution is 0.104. The van der Waals surface area contributed by atoms with Gasteiger partial charge in [-0.25, -0.2) is 0 Å². The number of carbonyl (C=O) groups is 1.